The lowest BCUT2D eigenvalue weighted by atomic mass is 10.00. The molecule has 0 aliphatic rings. The predicted molar refractivity (Wildman–Crippen MR) is 161 cm³/mol. The van der Waals surface area contributed by atoms with Crippen molar-refractivity contribution in [2.75, 3.05) is 12.8 Å². The number of nitrogens with two attached hydrogens (primary N) is 2. The van der Waals surface area contributed by atoms with E-state index in [0.717, 1.165) is 33.6 Å². The minimum atomic E-state index is -1.07. The maximum atomic E-state index is 14.2. The molecule has 212 valence electrons. The Labute approximate surface area is 246 Å². The number of amides is 3. The van der Waals surface area contributed by atoms with Gasteiger partial charge in [-0.15, -0.1) is 0 Å². The topological polar surface area (TPSA) is 154 Å². The highest BCUT2D eigenvalue weighted by Gasteiger charge is 2.35. The van der Waals surface area contributed by atoms with E-state index in [2.05, 4.69) is 14.7 Å². The highest BCUT2D eigenvalue weighted by molar-refractivity contribution is 7.09. The van der Waals surface area contributed by atoms with Crippen LogP contribution in [0.4, 0.5) is 5.69 Å². The summed E-state index contributed by atoms with van der Waals surface area (Å²) in [5.41, 5.74) is 14.2. The first kappa shape index (κ1) is 28.2. The van der Waals surface area contributed by atoms with Crippen LogP contribution in [0.5, 0.6) is 5.75 Å². The van der Waals surface area contributed by atoms with E-state index in [1.54, 1.807) is 25.4 Å². The second-order valence-electron chi connectivity index (χ2n) is 9.48. The molecule has 3 amide bonds. The van der Waals surface area contributed by atoms with E-state index < -0.39 is 23.8 Å². The Morgan fingerprint density at radius 1 is 0.976 bits per heavy atom. The van der Waals surface area contributed by atoms with E-state index in [1.165, 1.54) is 4.90 Å². The van der Waals surface area contributed by atoms with Crippen LogP contribution in [0.25, 0.3) is 10.9 Å². The van der Waals surface area contributed by atoms with Crippen molar-refractivity contribution in [1.82, 2.24) is 19.6 Å². The molecule has 0 radical (unpaired) electrons. The molecule has 0 aliphatic heterocycles. The number of nitrogens with one attached hydrogen (secondary N) is 1. The number of aromatic nitrogens is 2. The molecular formula is C31H28N6O4S. The minimum Gasteiger partial charge on any atom is -0.497 e. The third-order valence-electron chi connectivity index (χ3n) is 6.74. The number of hydrogen-bond acceptors (Lipinski definition) is 8. The molecule has 2 aromatic heterocycles. The fourth-order valence-corrected chi connectivity index (χ4v) is 5.35. The third kappa shape index (κ3) is 6.06. The van der Waals surface area contributed by atoms with Crippen LogP contribution in [-0.2, 0) is 17.9 Å². The largest absolute Gasteiger partial charge is 0.497 e. The molecular weight excluding hydrogens is 552 g/mol. The van der Waals surface area contributed by atoms with E-state index in [9.17, 15) is 14.4 Å². The van der Waals surface area contributed by atoms with Crippen molar-refractivity contribution in [3.63, 3.8) is 0 Å². The van der Waals surface area contributed by atoms with Gasteiger partial charge < -0.3 is 26.4 Å². The fraction of sp³-hybridized carbons (Fsp3) is 0.129. The van der Waals surface area contributed by atoms with Gasteiger partial charge >= 0.3 is 0 Å². The van der Waals surface area contributed by atoms with Crippen LogP contribution in [0, 0.1) is 0 Å². The van der Waals surface area contributed by atoms with Crippen LogP contribution in [0.15, 0.2) is 91.1 Å². The summed E-state index contributed by atoms with van der Waals surface area (Å²) in [5, 5.41) is 3.80. The standard InChI is InChI=1S/C31H28N6O4S/c1-41-23-12-9-19(10-13-23)17-35-30(39)27(22-11-14-24-21(16-22)8-5-15-34-24)37(18-20-6-3-2-4-7-20)31(40)28-25(32)26(29(33)38)36-42-28/h2-16,27H,17-18,32H2,1H3,(H2,33,38)(H,35,39). The van der Waals surface area contributed by atoms with Crippen molar-refractivity contribution in [3.05, 3.63) is 118 Å². The number of primary amides is 1. The molecule has 0 spiro atoms. The van der Waals surface area contributed by atoms with Gasteiger partial charge in [-0.3, -0.25) is 19.4 Å². The number of anilines is 1. The number of fused-ring (bicyclic) bond motifs is 1. The summed E-state index contributed by atoms with van der Waals surface area (Å²) in [4.78, 5) is 46.0. The summed E-state index contributed by atoms with van der Waals surface area (Å²) < 4.78 is 9.24. The van der Waals surface area contributed by atoms with Gasteiger partial charge in [0.25, 0.3) is 11.8 Å². The Morgan fingerprint density at radius 3 is 2.43 bits per heavy atom. The van der Waals surface area contributed by atoms with Crippen LogP contribution >= 0.6 is 11.5 Å². The second-order valence-corrected chi connectivity index (χ2v) is 10.3. The number of benzene rings is 3. The lowest BCUT2D eigenvalue weighted by Crippen LogP contribution is -2.43. The summed E-state index contributed by atoms with van der Waals surface area (Å²) in [6.45, 7) is 0.297. The normalized spacial score (nSPS) is 11.5. The van der Waals surface area contributed by atoms with Gasteiger partial charge in [0.15, 0.2) is 5.69 Å². The van der Waals surface area contributed by atoms with Crippen LogP contribution in [0.2, 0.25) is 0 Å². The summed E-state index contributed by atoms with van der Waals surface area (Å²) in [7, 11) is 1.58. The van der Waals surface area contributed by atoms with E-state index in [-0.39, 0.29) is 29.3 Å². The van der Waals surface area contributed by atoms with E-state index in [1.807, 2.05) is 72.8 Å². The molecule has 0 fully saturated rings. The monoisotopic (exact) mass is 580 g/mol. The molecule has 11 heteroatoms. The van der Waals surface area contributed by atoms with E-state index >= 15 is 0 Å². The van der Waals surface area contributed by atoms with Crippen molar-refractivity contribution in [2.24, 2.45) is 5.73 Å². The first-order valence-corrected chi connectivity index (χ1v) is 13.8. The SMILES string of the molecule is COc1ccc(CNC(=O)C(c2ccc3ncccc3c2)N(Cc2ccccc2)C(=O)c2snc(C(N)=O)c2N)cc1. The molecule has 0 saturated carbocycles. The van der Waals surface area contributed by atoms with Crippen LogP contribution < -0.4 is 21.5 Å². The second kappa shape index (κ2) is 12.5. The maximum Gasteiger partial charge on any atom is 0.270 e. The molecule has 1 unspecified atom stereocenters. The molecule has 0 bridgehead atoms. The quantitative estimate of drug-likeness (QED) is 0.225. The number of ether oxygens (including phenoxy) is 1. The van der Waals surface area contributed by atoms with Gasteiger partial charge in [0.2, 0.25) is 5.91 Å². The van der Waals surface area contributed by atoms with Gasteiger partial charge in [-0.1, -0.05) is 54.6 Å². The van der Waals surface area contributed by atoms with Crippen LogP contribution in [-0.4, -0.2) is 39.1 Å². The van der Waals surface area contributed by atoms with Crippen molar-refractivity contribution in [1.29, 1.82) is 0 Å². The number of nitrogen functional groups attached to an aromatic ring is 1. The van der Waals surface area contributed by atoms with Gasteiger partial charge in [-0.25, -0.2) is 0 Å². The number of methoxy groups -OCH3 is 1. The van der Waals surface area contributed by atoms with Crippen molar-refractivity contribution >= 4 is 45.8 Å². The lowest BCUT2D eigenvalue weighted by Gasteiger charge is -2.31. The molecule has 5 aromatic rings. The summed E-state index contributed by atoms with van der Waals surface area (Å²) in [6.07, 6.45) is 1.69. The first-order chi connectivity index (χ1) is 20.4. The number of carbonyl (C=O) groups excluding carboxylic acids is 3. The average molecular weight is 581 g/mol. The number of pyridine rings is 1. The minimum absolute atomic E-state index is 0.0233. The predicted octanol–water partition coefficient (Wildman–Crippen LogP) is 4.08. The molecule has 5 rings (SSSR count). The highest BCUT2D eigenvalue weighted by atomic mass is 32.1. The smallest absolute Gasteiger partial charge is 0.270 e. The number of rotatable bonds is 10. The third-order valence-corrected chi connectivity index (χ3v) is 7.59. The van der Waals surface area contributed by atoms with Crippen LogP contribution in [0.3, 0.4) is 0 Å². The Morgan fingerprint density at radius 2 is 1.74 bits per heavy atom. The van der Waals surface area contributed by atoms with Crippen molar-refractivity contribution in [3.8, 4) is 5.75 Å². The van der Waals surface area contributed by atoms with E-state index in [4.69, 9.17) is 16.2 Å². The van der Waals surface area contributed by atoms with E-state index in [0.29, 0.717) is 11.3 Å². The molecule has 42 heavy (non-hydrogen) atoms. The Hall–Kier alpha value is -5.29. The molecule has 10 nitrogen and oxygen atoms in total. The van der Waals surface area contributed by atoms with Crippen LogP contribution in [0.1, 0.15) is 42.9 Å². The number of nitrogens with zero attached hydrogens (tertiary/aromatic N) is 3. The van der Waals surface area contributed by atoms with Crippen molar-refractivity contribution < 1.29 is 19.1 Å². The summed E-state index contributed by atoms with van der Waals surface area (Å²) >= 11 is 0.771. The van der Waals surface area contributed by atoms with Gasteiger partial charge in [0.05, 0.1) is 18.3 Å². The van der Waals surface area contributed by atoms with Crippen molar-refractivity contribution in [2.45, 2.75) is 19.1 Å². The summed E-state index contributed by atoms with van der Waals surface area (Å²) in [5.74, 6) is -1.10. The summed E-state index contributed by atoms with van der Waals surface area (Å²) in [6, 6.07) is 24.7. The fourth-order valence-electron chi connectivity index (χ4n) is 4.59. The Bertz CT molecular complexity index is 1740. The Balaban J connectivity index is 1.58. The first-order valence-electron chi connectivity index (χ1n) is 13.0. The molecule has 1 atom stereocenters. The van der Waals surface area contributed by atoms with Gasteiger partial charge in [0.1, 0.15) is 16.7 Å². The molecule has 0 saturated heterocycles. The zero-order chi connectivity index (χ0) is 29.6. The Kier molecular flexibility index (Phi) is 8.39. The van der Waals surface area contributed by atoms with Gasteiger partial charge in [-0.2, -0.15) is 4.37 Å². The zero-order valence-corrected chi connectivity index (χ0v) is 23.5. The highest BCUT2D eigenvalue weighted by Crippen LogP contribution is 2.31. The number of hydrogen-bond donors (Lipinski definition) is 3. The lowest BCUT2D eigenvalue weighted by molar-refractivity contribution is -0.126. The molecule has 3 aromatic carbocycles. The number of carbonyl (C=O) groups is 3. The van der Waals surface area contributed by atoms with Gasteiger partial charge in [-0.05, 0) is 58.6 Å². The zero-order valence-electron chi connectivity index (χ0n) is 22.7. The maximum absolute atomic E-state index is 14.2. The molecule has 5 N–H and O–H groups in total. The van der Waals surface area contributed by atoms with Gasteiger partial charge in [0, 0.05) is 24.7 Å². The molecule has 2 heterocycles. The molecule has 0 aliphatic carbocycles. The average Bonchev–Trinajstić information content (AvgIpc) is 3.41.